The molecule has 0 spiro atoms. The molecule has 1 amide bonds. The molecule has 0 rings (SSSR count). The molecule has 1 N–H and O–H groups in total. The second-order valence-corrected chi connectivity index (χ2v) is 5.44. The minimum absolute atomic E-state index is 0.226. The number of unbranched alkanes of at least 4 members (excludes halogenated alkanes) is 7. The normalized spacial score (nSPS) is 12.2. The zero-order valence-corrected chi connectivity index (χ0v) is 13.2. The molecule has 0 heterocycles. The summed E-state index contributed by atoms with van der Waals surface area (Å²) in [5.41, 5.74) is 0. The fourth-order valence-corrected chi connectivity index (χ4v) is 2.06. The number of carbonyl (C=O) groups is 1. The van der Waals surface area contributed by atoms with E-state index in [1.807, 2.05) is 6.92 Å². The number of hydrogen-bond donors (Lipinski definition) is 1. The lowest BCUT2D eigenvalue weighted by Crippen LogP contribution is -2.33. The van der Waals surface area contributed by atoms with Crippen molar-refractivity contribution in [1.29, 1.82) is 0 Å². The minimum atomic E-state index is -0.252. The highest BCUT2D eigenvalue weighted by atomic mass is 16.5. The summed E-state index contributed by atoms with van der Waals surface area (Å²) in [4.78, 5) is 11.5. The van der Waals surface area contributed by atoms with Gasteiger partial charge in [-0.3, -0.25) is 0 Å². The molecule has 19 heavy (non-hydrogen) atoms. The Morgan fingerprint density at radius 1 is 0.947 bits per heavy atom. The third kappa shape index (κ3) is 13.5. The predicted molar refractivity (Wildman–Crippen MR) is 81.5 cm³/mol. The van der Waals surface area contributed by atoms with Crippen molar-refractivity contribution in [2.24, 2.45) is 0 Å². The second-order valence-electron chi connectivity index (χ2n) is 5.44. The summed E-state index contributed by atoms with van der Waals surface area (Å²) in [6.07, 6.45) is 11.7. The standard InChI is InChI=1S/C16H33NO2/c1-4-6-8-9-10-12-14-19-16(18)17-15(3)13-11-7-5-2/h15H,4-14H2,1-3H3,(H,17,18). The summed E-state index contributed by atoms with van der Waals surface area (Å²) in [6.45, 7) is 7.00. The van der Waals surface area contributed by atoms with Crippen LogP contribution in [-0.2, 0) is 4.74 Å². The molecule has 0 aliphatic carbocycles. The monoisotopic (exact) mass is 271 g/mol. The van der Waals surface area contributed by atoms with Gasteiger partial charge in [-0.1, -0.05) is 65.2 Å². The van der Waals surface area contributed by atoms with E-state index in [1.165, 1.54) is 51.4 Å². The van der Waals surface area contributed by atoms with Gasteiger partial charge in [0.2, 0.25) is 0 Å². The van der Waals surface area contributed by atoms with E-state index in [-0.39, 0.29) is 12.1 Å². The summed E-state index contributed by atoms with van der Waals surface area (Å²) < 4.78 is 5.18. The second kappa shape index (κ2) is 13.7. The topological polar surface area (TPSA) is 38.3 Å². The number of carbonyl (C=O) groups excluding carboxylic acids is 1. The van der Waals surface area contributed by atoms with Gasteiger partial charge in [-0.2, -0.15) is 0 Å². The molecule has 0 aliphatic rings. The summed E-state index contributed by atoms with van der Waals surface area (Å²) >= 11 is 0. The van der Waals surface area contributed by atoms with Gasteiger partial charge in [-0.05, 0) is 19.8 Å². The van der Waals surface area contributed by atoms with Crippen LogP contribution in [0, 0.1) is 0 Å². The van der Waals surface area contributed by atoms with E-state index in [2.05, 4.69) is 19.2 Å². The van der Waals surface area contributed by atoms with E-state index < -0.39 is 0 Å². The van der Waals surface area contributed by atoms with Gasteiger partial charge >= 0.3 is 6.09 Å². The van der Waals surface area contributed by atoms with Crippen LogP contribution in [0.1, 0.15) is 85.0 Å². The van der Waals surface area contributed by atoms with Crippen molar-refractivity contribution in [2.75, 3.05) is 6.61 Å². The number of ether oxygens (including phenoxy) is 1. The van der Waals surface area contributed by atoms with Crippen LogP contribution >= 0.6 is 0 Å². The highest BCUT2D eigenvalue weighted by Gasteiger charge is 2.07. The number of nitrogens with one attached hydrogen (secondary N) is 1. The summed E-state index contributed by atoms with van der Waals surface area (Å²) in [5.74, 6) is 0. The van der Waals surface area contributed by atoms with Crippen LogP contribution in [-0.4, -0.2) is 18.7 Å². The molecule has 0 bridgehead atoms. The van der Waals surface area contributed by atoms with Crippen molar-refractivity contribution in [3.63, 3.8) is 0 Å². The highest BCUT2D eigenvalue weighted by molar-refractivity contribution is 5.67. The lowest BCUT2D eigenvalue weighted by Gasteiger charge is -2.13. The summed E-state index contributed by atoms with van der Waals surface area (Å²) in [6, 6.07) is 0.226. The molecular formula is C16H33NO2. The first kappa shape index (κ1) is 18.3. The van der Waals surface area contributed by atoms with E-state index in [1.54, 1.807) is 0 Å². The maximum absolute atomic E-state index is 11.5. The molecule has 1 unspecified atom stereocenters. The molecule has 0 aliphatic heterocycles. The van der Waals surface area contributed by atoms with Crippen molar-refractivity contribution in [2.45, 2.75) is 91.0 Å². The lowest BCUT2D eigenvalue weighted by molar-refractivity contribution is 0.140. The van der Waals surface area contributed by atoms with Gasteiger partial charge in [-0.15, -0.1) is 0 Å². The highest BCUT2D eigenvalue weighted by Crippen LogP contribution is 2.05. The Morgan fingerprint density at radius 2 is 1.53 bits per heavy atom. The van der Waals surface area contributed by atoms with Crippen molar-refractivity contribution < 1.29 is 9.53 Å². The first-order valence-corrected chi connectivity index (χ1v) is 8.14. The Balaban J connectivity index is 3.33. The molecule has 3 heteroatoms. The summed E-state index contributed by atoms with van der Waals surface area (Å²) in [5, 5.41) is 2.89. The molecule has 0 aromatic heterocycles. The van der Waals surface area contributed by atoms with Gasteiger partial charge in [-0.25, -0.2) is 4.79 Å². The smallest absolute Gasteiger partial charge is 0.407 e. The van der Waals surface area contributed by atoms with Gasteiger partial charge in [0.1, 0.15) is 0 Å². The van der Waals surface area contributed by atoms with E-state index in [4.69, 9.17) is 4.74 Å². The molecule has 0 saturated carbocycles. The van der Waals surface area contributed by atoms with Crippen molar-refractivity contribution >= 4 is 6.09 Å². The SMILES string of the molecule is CCCCCCCCOC(=O)NC(C)CCCCC. The Morgan fingerprint density at radius 3 is 2.21 bits per heavy atom. The van der Waals surface area contributed by atoms with Gasteiger partial charge in [0.25, 0.3) is 0 Å². The third-order valence-electron chi connectivity index (χ3n) is 3.34. The van der Waals surface area contributed by atoms with Gasteiger partial charge < -0.3 is 10.1 Å². The van der Waals surface area contributed by atoms with Crippen LogP contribution in [0.5, 0.6) is 0 Å². The largest absolute Gasteiger partial charge is 0.450 e. The number of hydrogen-bond acceptors (Lipinski definition) is 2. The Bertz CT molecular complexity index is 207. The van der Waals surface area contributed by atoms with E-state index in [9.17, 15) is 4.79 Å². The van der Waals surface area contributed by atoms with Crippen molar-refractivity contribution in [1.82, 2.24) is 5.32 Å². The zero-order valence-electron chi connectivity index (χ0n) is 13.2. The molecule has 114 valence electrons. The molecule has 0 fully saturated rings. The molecule has 0 aromatic rings. The fraction of sp³-hybridized carbons (Fsp3) is 0.938. The van der Waals surface area contributed by atoms with E-state index in [0.717, 1.165) is 12.8 Å². The first-order valence-electron chi connectivity index (χ1n) is 8.14. The predicted octanol–water partition coefficient (Wildman–Crippen LogP) is 5.04. The lowest BCUT2D eigenvalue weighted by atomic mass is 10.1. The van der Waals surface area contributed by atoms with Crippen LogP contribution < -0.4 is 5.32 Å². The average molecular weight is 271 g/mol. The Hall–Kier alpha value is -0.730. The molecule has 0 aromatic carbocycles. The van der Waals surface area contributed by atoms with Gasteiger partial charge in [0, 0.05) is 6.04 Å². The number of alkyl carbamates (subject to hydrolysis) is 1. The molecule has 0 radical (unpaired) electrons. The Kier molecular flexibility index (Phi) is 13.2. The van der Waals surface area contributed by atoms with Crippen molar-refractivity contribution in [3.8, 4) is 0 Å². The molecular weight excluding hydrogens is 238 g/mol. The minimum Gasteiger partial charge on any atom is -0.450 e. The number of rotatable bonds is 12. The average Bonchev–Trinajstić information content (AvgIpc) is 2.38. The third-order valence-corrected chi connectivity index (χ3v) is 3.34. The van der Waals surface area contributed by atoms with Gasteiger partial charge in [0.05, 0.1) is 6.61 Å². The molecule has 1 atom stereocenters. The quantitative estimate of drug-likeness (QED) is 0.505. The van der Waals surface area contributed by atoms with Crippen LogP contribution in [0.3, 0.4) is 0 Å². The summed E-state index contributed by atoms with van der Waals surface area (Å²) in [7, 11) is 0. The number of amides is 1. The first-order chi connectivity index (χ1) is 9.20. The van der Waals surface area contributed by atoms with Gasteiger partial charge in [0.15, 0.2) is 0 Å². The van der Waals surface area contributed by atoms with E-state index >= 15 is 0 Å². The maximum Gasteiger partial charge on any atom is 0.407 e. The molecule has 3 nitrogen and oxygen atoms in total. The zero-order chi connectivity index (χ0) is 14.3. The maximum atomic E-state index is 11.5. The van der Waals surface area contributed by atoms with Crippen LogP contribution in [0.25, 0.3) is 0 Å². The van der Waals surface area contributed by atoms with Crippen LogP contribution in [0.2, 0.25) is 0 Å². The fourth-order valence-electron chi connectivity index (χ4n) is 2.06. The van der Waals surface area contributed by atoms with E-state index in [0.29, 0.717) is 6.61 Å². The van der Waals surface area contributed by atoms with Crippen LogP contribution in [0.4, 0.5) is 4.79 Å². The van der Waals surface area contributed by atoms with Crippen molar-refractivity contribution in [3.05, 3.63) is 0 Å². The Labute approximate surface area is 119 Å². The van der Waals surface area contributed by atoms with Crippen LogP contribution in [0.15, 0.2) is 0 Å². The molecule has 0 saturated heterocycles.